The number of carbonyl (C=O) groups excluding carboxylic acids is 1. The van der Waals surface area contributed by atoms with Crippen LogP contribution in [0.2, 0.25) is 5.02 Å². The predicted molar refractivity (Wildman–Crippen MR) is 111 cm³/mol. The van der Waals surface area contributed by atoms with E-state index in [1.165, 1.54) is 10.7 Å². The normalized spacial score (nSPS) is 14.9. The van der Waals surface area contributed by atoms with Crippen molar-refractivity contribution in [3.63, 3.8) is 0 Å². The maximum absolute atomic E-state index is 13.0. The Bertz CT molecular complexity index is 1030. The molecule has 1 aliphatic heterocycles. The number of nitrogens with zero attached hydrogens (tertiary/aromatic N) is 4. The lowest BCUT2D eigenvalue weighted by Crippen LogP contribution is -2.35. The van der Waals surface area contributed by atoms with Gasteiger partial charge in [0, 0.05) is 24.7 Å². The second-order valence-electron chi connectivity index (χ2n) is 7.05. The van der Waals surface area contributed by atoms with Crippen molar-refractivity contribution in [1.82, 2.24) is 14.6 Å². The van der Waals surface area contributed by atoms with Crippen molar-refractivity contribution >= 4 is 34.5 Å². The van der Waals surface area contributed by atoms with Gasteiger partial charge in [-0.1, -0.05) is 11.6 Å². The van der Waals surface area contributed by atoms with Crippen molar-refractivity contribution in [3.05, 3.63) is 47.4 Å². The first-order valence-corrected chi connectivity index (χ1v) is 9.81. The van der Waals surface area contributed by atoms with E-state index in [9.17, 15) is 9.90 Å². The summed E-state index contributed by atoms with van der Waals surface area (Å²) in [6, 6.07) is 5.47. The molecule has 2 N–H and O–H groups in total. The Morgan fingerprint density at radius 3 is 2.86 bits per heavy atom. The fraction of sp³-hybridized carbons (Fsp3) is 0.350. The Morgan fingerprint density at radius 1 is 1.34 bits per heavy atom. The Balaban J connectivity index is 1.59. The van der Waals surface area contributed by atoms with Crippen molar-refractivity contribution in [2.24, 2.45) is 5.92 Å². The van der Waals surface area contributed by atoms with Crippen molar-refractivity contribution < 1.29 is 14.6 Å². The number of anilines is 2. The van der Waals surface area contributed by atoms with E-state index in [1.807, 2.05) is 12.1 Å². The average Bonchev–Trinajstić information content (AvgIpc) is 3.17. The highest BCUT2D eigenvalue weighted by molar-refractivity contribution is 6.31. The highest BCUT2D eigenvalue weighted by Gasteiger charge is 2.22. The molecule has 1 saturated heterocycles. The van der Waals surface area contributed by atoms with Crippen molar-refractivity contribution in [1.29, 1.82) is 0 Å². The number of hydrogen-bond donors (Lipinski definition) is 2. The highest BCUT2D eigenvalue weighted by atomic mass is 35.5. The highest BCUT2D eigenvalue weighted by Crippen LogP contribution is 2.32. The number of rotatable bonds is 5. The Labute approximate surface area is 173 Å². The molecule has 0 atom stereocenters. The van der Waals surface area contributed by atoms with Crippen LogP contribution in [0.1, 0.15) is 23.2 Å². The number of piperidine rings is 1. The number of benzene rings is 1. The summed E-state index contributed by atoms with van der Waals surface area (Å²) >= 11 is 6.19. The molecule has 3 aromatic rings. The van der Waals surface area contributed by atoms with Gasteiger partial charge in [-0.15, -0.1) is 0 Å². The molecule has 152 valence electrons. The van der Waals surface area contributed by atoms with Gasteiger partial charge >= 0.3 is 0 Å². The molecule has 0 radical (unpaired) electrons. The van der Waals surface area contributed by atoms with Crippen LogP contribution in [-0.2, 0) is 0 Å². The van der Waals surface area contributed by atoms with Crippen molar-refractivity contribution in [3.8, 4) is 5.75 Å². The van der Waals surface area contributed by atoms with Gasteiger partial charge in [-0.2, -0.15) is 5.10 Å². The number of fused-ring (bicyclic) bond motifs is 1. The molecule has 3 heterocycles. The molecule has 9 heteroatoms. The Morgan fingerprint density at radius 2 is 2.14 bits per heavy atom. The third-order valence-electron chi connectivity index (χ3n) is 5.23. The minimum Gasteiger partial charge on any atom is -0.494 e. The fourth-order valence-corrected chi connectivity index (χ4v) is 3.73. The van der Waals surface area contributed by atoms with Gasteiger partial charge in [0.1, 0.15) is 5.56 Å². The Kier molecular flexibility index (Phi) is 5.55. The van der Waals surface area contributed by atoms with Crippen LogP contribution in [0.25, 0.3) is 5.65 Å². The van der Waals surface area contributed by atoms with Crippen molar-refractivity contribution in [2.45, 2.75) is 12.8 Å². The van der Waals surface area contributed by atoms with Crippen LogP contribution in [0.5, 0.6) is 5.75 Å². The number of ether oxygens (including phenoxy) is 1. The number of hydrogen-bond acceptors (Lipinski definition) is 6. The number of nitrogens with one attached hydrogen (secondary N) is 1. The van der Waals surface area contributed by atoms with Gasteiger partial charge in [0.05, 0.1) is 37.1 Å². The molecule has 0 spiro atoms. The number of carbonyl (C=O) groups is 1. The number of halogens is 1. The molecular formula is C20H22ClN5O3. The van der Waals surface area contributed by atoms with Gasteiger partial charge in [-0.3, -0.25) is 4.79 Å². The van der Waals surface area contributed by atoms with Gasteiger partial charge < -0.3 is 20.1 Å². The van der Waals surface area contributed by atoms with E-state index in [2.05, 4.69) is 20.3 Å². The summed E-state index contributed by atoms with van der Waals surface area (Å²) in [4.78, 5) is 19.4. The van der Waals surface area contributed by atoms with E-state index in [1.54, 1.807) is 25.6 Å². The molecule has 1 fully saturated rings. The number of aliphatic hydroxyl groups is 1. The molecule has 8 nitrogen and oxygen atoms in total. The minimum atomic E-state index is -0.313. The largest absolute Gasteiger partial charge is 0.494 e. The summed E-state index contributed by atoms with van der Waals surface area (Å²) in [5, 5.41) is 17.1. The molecule has 0 aliphatic carbocycles. The SMILES string of the molecule is COc1cnc2c(C(=O)Nc3cc(Cl)ccc3N3CCC(CO)CC3)cnn2c1. The monoisotopic (exact) mass is 415 g/mol. The van der Waals surface area contributed by atoms with Crippen LogP contribution in [0, 0.1) is 5.92 Å². The molecule has 1 aliphatic rings. The van der Waals surface area contributed by atoms with Crippen LogP contribution in [0.15, 0.2) is 36.8 Å². The van der Waals surface area contributed by atoms with Crippen LogP contribution in [-0.4, -0.2) is 52.4 Å². The summed E-state index contributed by atoms with van der Waals surface area (Å²) in [6.45, 7) is 1.84. The zero-order valence-electron chi connectivity index (χ0n) is 16.0. The summed E-state index contributed by atoms with van der Waals surface area (Å²) in [5.41, 5.74) is 2.34. The Hall–Kier alpha value is -2.84. The van der Waals surface area contributed by atoms with Crippen LogP contribution >= 0.6 is 11.6 Å². The molecule has 2 aromatic heterocycles. The minimum absolute atomic E-state index is 0.213. The van der Waals surface area contributed by atoms with Gasteiger partial charge in [-0.25, -0.2) is 9.50 Å². The lowest BCUT2D eigenvalue weighted by atomic mass is 9.97. The topological polar surface area (TPSA) is 92.0 Å². The number of aliphatic hydroxyl groups excluding tert-OH is 1. The maximum atomic E-state index is 13.0. The van der Waals surface area contributed by atoms with Gasteiger partial charge in [-0.05, 0) is 37.0 Å². The zero-order valence-corrected chi connectivity index (χ0v) is 16.8. The zero-order chi connectivity index (χ0) is 20.4. The van der Waals surface area contributed by atoms with Gasteiger partial charge in [0.2, 0.25) is 0 Å². The summed E-state index contributed by atoms with van der Waals surface area (Å²) in [7, 11) is 1.55. The molecule has 29 heavy (non-hydrogen) atoms. The standard InChI is InChI=1S/C20H22ClN5O3/c1-29-15-9-22-19-16(10-23-26(19)11-15)20(28)24-17-8-14(21)2-3-18(17)25-6-4-13(12-27)5-7-25/h2-3,8-11,13,27H,4-7,12H2,1H3,(H,24,28). The first kappa shape index (κ1) is 19.5. The van der Waals surface area contributed by atoms with E-state index in [4.69, 9.17) is 16.3 Å². The summed E-state index contributed by atoms with van der Waals surface area (Å²) in [5.74, 6) is 0.570. The molecule has 0 unspecified atom stereocenters. The van der Waals surface area contributed by atoms with E-state index in [0.717, 1.165) is 31.6 Å². The van der Waals surface area contributed by atoms with Crippen molar-refractivity contribution in [2.75, 3.05) is 37.0 Å². The van der Waals surface area contributed by atoms with Crippen LogP contribution in [0.3, 0.4) is 0 Å². The number of amides is 1. The van der Waals surface area contributed by atoms with Gasteiger partial charge in [0.15, 0.2) is 11.4 Å². The summed E-state index contributed by atoms with van der Waals surface area (Å²) in [6.07, 6.45) is 6.51. The number of aromatic nitrogens is 3. The first-order chi connectivity index (χ1) is 14.1. The average molecular weight is 416 g/mol. The smallest absolute Gasteiger partial charge is 0.261 e. The molecule has 4 rings (SSSR count). The second kappa shape index (κ2) is 8.26. The first-order valence-electron chi connectivity index (χ1n) is 9.43. The second-order valence-corrected chi connectivity index (χ2v) is 7.49. The maximum Gasteiger partial charge on any atom is 0.261 e. The van der Waals surface area contributed by atoms with E-state index >= 15 is 0 Å². The van der Waals surface area contributed by atoms with Gasteiger partial charge in [0.25, 0.3) is 5.91 Å². The van der Waals surface area contributed by atoms with Crippen LogP contribution < -0.4 is 15.0 Å². The van der Waals surface area contributed by atoms with Crippen LogP contribution in [0.4, 0.5) is 11.4 Å². The molecule has 0 bridgehead atoms. The molecule has 1 amide bonds. The number of methoxy groups -OCH3 is 1. The van der Waals surface area contributed by atoms with E-state index < -0.39 is 0 Å². The quantitative estimate of drug-likeness (QED) is 0.665. The van der Waals surface area contributed by atoms with E-state index in [-0.39, 0.29) is 12.5 Å². The molecular weight excluding hydrogens is 394 g/mol. The van der Waals surface area contributed by atoms with E-state index in [0.29, 0.717) is 33.6 Å². The third-order valence-corrected chi connectivity index (χ3v) is 5.47. The molecule has 0 saturated carbocycles. The lowest BCUT2D eigenvalue weighted by Gasteiger charge is -2.34. The summed E-state index contributed by atoms with van der Waals surface area (Å²) < 4.78 is 6.65. The fourth-order valence-electron chi connectivity index (χ4n) is 3.55. The molecule has 1 aromatic carbocycles. The lowest BCUT2D eigenvalue weighted by molar-refractivity contribution is 0.102. The predicted octanol–water partition coefficient (Wildman–Crippen LogP) is 2.85. The third kappa shape index (κ3) is 3.99.